The van der Waals surface area contributed by atoms with Gasteiger partial charge in [0.1, 0.15) is 0 Å². The van der Waals surface area contributed by atoms with Crippen LogP contribution >= 0.6 is 0 Å². The second-order valence-corrected chi connectivity index (χ2v) is 6.66. The Morgan fingerprint density at radius 1 is 1.12 bits per heavy atom. The van der Waals surface area contributed by atoms with E-state index in [-0.39, 0.29) is 42.5 Å². The quantitative estimate of drug-likeness (QED) is 0.833. The van der Waals surface area contributed by atoms with Gasteiger partial charge in [-0.25, -0.2) is 0 Å². The molecule has 1 aromatic rings. The minimum atomic E-state index is -0.233. The minimum Gasteiger partial charge on any atom is -0.326 e. The van der Waals surface area contributed by atoms with Crippen molar-refractivity contribution < 1.29 is 14.4 Å². The maximum absolute atomic E-state index is 12.4. The third-order valence-electron chi connectivity index (χ3n) is 5.02. The van der Waals surface area contributed by atoms with Crippen molar-refractivity contribution in [2.75, 3.05) is 11.9 Å². The second kappa shape index (κ2) is 7.47. The Bertz CT molecular complexity index is 696. The van der Waals surface area contributed by atoms with Crippen LogP contribution in [-0.2, 0) is 20.8 Å². The van der Waals surface area contributed by atoms with E-state index in [1.807, 2.05) is 0 Å². The minimum absolute atomic E-state index is 0.0941. The summed E-state index contributed by atoms with van der Waals surface area (Å²) in [4.78, 5) is 38.1. The van der Waals surface area contributed by atoms with Crippen LogP contribution in [0.1, 0.15) is 37.7 Å². The van der Waals surface area contributed by atoms with Gasteiger partial charge in [0.25, 0.3) is 0 Å². The Hall–Kier alpha value is -2.68. The average Bonchev–Trinajstić information content (AvgIpc) is 2.86. The van der Waals surface area contributed by atoms with Crippen LogP contribution in [-0.4, -0.2) is 29.2 Å². The van der Waals surface area contributed by atoms with Crippen LogP contribution < -0.4 is 5.32 Å². The molecule has 3 amide bonds. The number of carbonyl (C=O) groups excluding carboxylic acids is 3. The number of hydrogen-bond donors (Lipinski definition) is 1. The highest BCUT2D eigenvalue weighted by atomic mass is 16.2. The summed E-state index contributed by atoms with van der Waals surface area (Å²) < 4.78 is 0. The SMILES string of the molecule is N#CCc1ccc(NC(=O)CCN2C(=O)C3CCCCC3C2=O)cc1. The lowest BCUT2D eigenvalue weighted by Gasteiger charge is -2.19. The predicted molar refractivity (Wildman–Crippen MR) is 91.2 cm³/mol. The van der Waals surface area contributed by atoms with Gasteiger partial charge in [-0.1, -0.05) is 25.0 Å². The van der Waals surface area contributed by atoms with Crippen molar-refractivity contribution in [1.82, 2.24) is 4.90 Å². The smallest absolute Gasteiger partial charge is 0.233 e. The number of amides is 3. The largest absolute Gasteiger partial charge is 0.326 e. The first kappa shape index (κ1) is 17.2. The van der Waals surface area contributed by atoms with Crippen molar-refractivity contribution in [3.05, 3.63) is 29.8 Å². The summed E-state index contributed by atoms with van der Waals surface area (Å²) in [5.41, 5.74) is 1.52. The molecule has 2 atom stereocenters. The lowest BCUT2D eigenvalue weighted by Crippen LogP contribution is -2.34. The number of benzene rings is 1. The van der Waals surface area contributed by atoms with Gasteiger partial charge < -0.3 is 5.32 Å². The molecule has 2 aliphatic rings. The highest BCUT2D eigenvalue weighted by Gasteiger charge is 2.47. The van der Waals surface area contributed by atoms with E-state index in [0.29, 0.717) is 12.1 Å². The molecule has 25 heavy (non-hydrogen) atoms. The normalized spacial score (nSPS) is 22.4. The summed E-state index contributed by atoms with van der Waals surface area (Å²) in [7, 11) is 0. The first-order chi connectivity index (χ1) is 12.1. The van der Waals surface area contributed by atoms with Crippen molar-refractivity contribution in [2.24, 2.45) is 11.8 Å². The van der Waals surface area contributed by atoms with Gasteiger partial charge in [0.05, 0.1) is 24.3 Å². The van der Waals surface area contributed by atoms with Crippen molar-refractivity contribution in [1.29, 1.82) is 5.26 Å². The summed E-state index contributed by atoms with van der Waals surface area (Å²) in [6.45, 7) is 0.142. The van der Waals surface area contributed by atoms with Crippen molar-refractivity contribution in [3.8, 4) is 6.07 Å². The number of rotatable bonds is 5. The molecular formula is C19H21N3O3. The molecule has 1 aliphatic heterocycles. The lowest BCUT2D eigenvalue weighted by atomic mass is 9.81. The molecule has 1 aliphatic carbocycles. The number of fused-ring (bicyclic) bond motifs is 1. The molecule has 1 aromatic carbocycles. The summed E-state index contributed by atoms with van der Waals surface area (Å²) in [5.74, 6) is -0.788. The van der Waals surface area contributed by atoms with Crippen LogP contribution in [0.4, 0.5) is 5.69 Å². The summed E-state index contributed by atoms with van der Waals surface area (Å²) >= 11 is 0. The topological polar surface area (TPSA) is 90.3 Å². The zero-order chi connectivity index (χ0) is 17.8. The van der Waals surface area contributed by atoms with Crippen LogP contribution in [0.25, 0.3) is 0 Å². The molecule has 6 nitrogen and oxygen atoms in total. The zero-order valence-electron chi connectivity index (χ0n) is 14.0. The maximum atomic E-state index is 12.4. The summed E-state index contributed by atoms with van der Waals surface area (Å²) in [5, 5.41) is 11.4. The van der Waals surface area contributed by atoms with Gasteiger partial charge in [0.2, 0.25) is 17.7 Å². The number of imide groups is 1. The third-order valence-corrected chi connectivity index (χ3v) is 5.02. The van der Waals surface area contributed by atoms with E-state index in [9.17, 15) is 14.4 Å². The van der Waals surface area contributed by atoms with E-state index in [4.69, 9.17) is 5.26 Å². The van der Waals surface area contributed by atoms with Crippen molar-refractivity contribution >= 4 is 23.4 Å². The Labute approximate surface area is 146 Å². The fourth-order valence-corrected chi connectivity index (χ4v) is 3.69. The molecule has 3 rings (SSSR count). The molecule has 0 bridgehead atoms. The van der Waals surface area contributed by atoms with Gasteiger partial charge in [-0.15, -0.1) is 0 Å². The van der Waals surface area contributed by atoms with Gasteiger partial charge in [-0.05, 0) is 30.5 Å². The molecule has 130 valence electrons. The Morgan fingerprint density at radius 3 is 2.28 bits per heavy atom. The van der Waals surface area contributed by atoms with Gasteiger partial charge >= 0.3 is 0 Å². The third kappa shape index (κ3) is 3.71. The second-order valence-electron chi connectivity index (χ2n) is 6.66. The van der Waals surface area contributed by atoms with Gasteiger partial charge in [-0.2, -0.15) is 5.26 Å². The first-order valence-electron chi connectivity index (χ1n) is 8.71. The molecule has 1 N–H and O–H groups in total. The fourth-order valence-electron chi connectivity index (χ4n) is 3.69. The van der Waals surface area contributed by atoms with Crippen LogP contribution in [0, 0.1) is 23.2 Å². The van der Waals surface area contributed by atoms with Gasteiger partial charge in [0.15, 0.2) is 0 Å². The molecule has 1 heterocycles. The molecule has 0 radical (unpaired) electrons. The van der Waals surface area contributed by atoms with Gasteiger partial charge in [-0.3, -0.25) is 19.3 Å². The molecule has 0 aromatic heterocycles. The number of nitriles is 1. The fraction of sp³-hybridized carbons (Fsp3) is 0.474. The van der Waals surface area contributed by atoms with E-state index in [1.54, 1.807) is 24.3 Å². The molecule has 2 unspecified atom stereocenters. The lowest BCUT2D eigenvalue weighted by molar-refractivity contribution is -0.140. The average molecular weight is 339 g/mol. The highest BCUT2D eigenvalue weighted by molar-refractivity contribution is 6.05. The highest BCUT2D eigenvalue weighted by Crippen LogP contribution is 2.37. The predicted octanol–water partition coefficient (Wildman–Crippen LogP) is 2.26. The molecule has 1 saturated heterocycles. The standard InChI is InChI=1S/C19H21N3O3/c20-11-9-13-5-7-14(8-6-13)21-17(23)10-12-22-18(24)15-3-1-2-4-16(15)19(22)25/h5-8,15-16H,1-4,9-10,12H2,(H,21,23). The van der Waals surface area contributed by atoms with E-state index in [1.165, 1.54) is 4.90 Å². The van der Waals surface area contributed by atoms with Gasteiger partial charge in [0, 0.05) is 18.7 Å². The van der Waals surface area contributed by atoms with Crippen LogP contribution in [0.3, 0.4) is 0 Å². The molecule has 0 spiro atoms. The number of nitrogens with zero attached hydrogens (tertiary/aromatic N) is 2. The van der Waals surface area contributed by atoms with E-state index in [0.717, 1.165) is 31.2 Å². The van der Waals surface area contributed by atoms with E-state index >= 15 is 0 Å². The van der Waals surface area contributed by atoms with E-state index in [2.05, 4.69) is 11.4 Å². The number of hydrogen-bond acceptors (Lipinski definition) is 4. The van der Waals surface area contributed by atoms with Crippen LogP contribution in [0.15, 0.2) is 24.3 Å². The Balaban J connectivity index is 1.53. The van der Waals surface area contributed by atoms with Crippen molar-refractivity contribution in [2.45, 2.75) is 38.5 Å². The summed E-state index contributed by atoms with van der Waals surface area (Å²) in [6.07, 6.45) is 3.99. The summed E-state index contributed by atoms with van der Waals surface area (Å²) in [6, 6.07) is 9.13. The first-order valence-corrected chi connectivity index (χ1v) is 8.71. The Morgan fingerprint density at radius 2 is 1.72 bits per heavy atom. The van der Waals surface area contributed by atoms with E-state index < -0.39 is 0 Å². The maximum Gasteiger partial charge on any atom is 0.233 e. The molecule has 6 heteroatoms. The number of likely N-dealkylation sites (tertiary alicyclic amines) is 1. The zero-order valence-corrected chi connectivity index (χ0v) is 14.0. The number of nitrogens with one attached hydrogen (secondary N) is 1. The van der Waals surface area contributed by atoms with Crippen LogP contribution in [0.5, 0.6) is 0 Å². The monoisotopic (exact) mass is 339 g/mol. The van der Waals surface area contributed by atoms with Crippen molar-refractivity contribution in [3.63, 3.8) is 0 Å². The number of anilines is 1. The Kier molecular flexibility index (Phi) is 5.13. The number of carbonyl (C=O) groups is 3. The molecule has 2 fully saturated rings. The molecule has 1 saturated carbocycles. The van der Waals surface area contributed by atoms with Crippen LogP contribution in [0.2, 0.25) is 0 Å². The molecular weight excluding hydrogens is 318 g/mol.